The Hall–Kier alpha value is -2.60. The first-order valence-electron chi connectivity index (χ1n) is 12.3. The molecule has 6 heteroatoms. The van der Waals surface area contributed by atoms with Crippen LogP contribution in [0.2, 0.25) is 0 Å². The van der Waals surface area contributed by atoms with Crippen LogP contribution in [-0.4, -0.2) is 56.2 Å². The van der Waals surface area contributed by atoms with Crippen molar-refractivity contribution in [3.63, 3.8) is 0 Å². The number of fused-ring (bicyclic) bond motifs is 1. The van der Waals surface area contributed by atoms with Crippen LogP contribution in [0.25, 0.3) is 22.0 Å². The molecule has 0 N–H and O–H groups in total. The average Bonchev–Trinajstić information content (AvgIpc) is 3.19. The lowest BCUT2D eigenvalue weighted by Gasteiger charge is -2.45. The minimum absolute atomic E-state index is 0.160. The highest BCUT2D eigenvalue weighted by Gasteiger charge is 2.37. The van der Waals surface area contributed by atoms with E-state index in [1.165, 1.54) is 17.6 Å². The Morgan fingerprint density at radius 2 is 1.70 bits per heavy atom. The van der Waals surface area contributed by atoms with Crippen LogP contribution in [0.5, 0.6) is 0 Å². The molecule has 0 radical (unpaired) electrons. The van der Waals surface area contributed by atoms with Crippen LogP contribution < -0.4 is 0 Å². The summed E-state index contributed by atoms with van der Waals surface area (Å²) in [5.74, 6) is 1.86. The molecule has 1 aliphatic rings. The molecule has 0 atom stereocenters. The monoisotopic (exact) mass is 448 g/mol. The Kier molecular flexibility index (Phi) is 6.94. The van der Waals surface area contributed by atoms with Crippen molar-refractivity contribution in [2.75, 3.05) is 26.2 Å². The first kappa shape index (κ1) is 23.6. The molecule has 1 saturated heterocycles. The SMILES string of the molecule is CC(C)C[N+]1(CC(C)C)CCC(C(=O)Cc2cc3cc(-c4cnn(C)c4)cnc3cn2)CC1. The summed E-state index contributed by atoms with van der Waals surface area (Å²) in [7, 11) is 1.91. The molecule has 176 valence electrons. The highest BCUT2D eigenvalue weighted by Crippen LogP contribution is 2.29. The van der Waals surface area contributed by atoms with Gasteiger partial charge in [-0.15, -0.1) is 0 Å². The van der Waals surface area contributed by atoms with Crippen molar-refractivity contribution in [1.29, 1.82) is 0 Å². The van der Waals surface area contributed by atoms with Crippen molar-refractivity contribution in [3.05, 3.63) is 42.6 Å². The first-order valence-corrected chi connectivity index (χ1v) is 12.3. The molecular weight excluding hydrogens is 410 g/mol. The summed E-state index contributed by atoms with van der Waals surface area (Å²) in [5.41, 5.74) is 3.75. The van der Waals surface area contributed by atoms with Crippen LogP contribution >= 0.6 is 0 Å². The molecule has 3 aromatic heterocycles. The number of carbonyl (C=O) groups excluding carboxylic acids is 1. The average molecular weight is 449 g/mol. The zero-order valence-electron chi connectivity index (χ0n) is 20.8. The van der Waals surface area contributed by atoms with Gasteiger partial charge in [-0.3, -0.25) is 19.4 Å². The number of carbonyl (C=O) groups is 1. The second-order valence-corrected chi connectivity index (χ2v) is 10.9. The van der Waals surface area contributed by atoms with Crippen LogP contribution in [0.1, 0.15) is 46.2 Å². The summed E-state index contributed by atoms with van der Waals surface area (Å²) in [4.78, 5) is 22.3. The van der Waals surface area contributed by atoms with E-state index in [0.29, 0.717) is 24.0 Å². The number of aryl methyl sites for hydroxylation is 1. The van der Waals surface area contributed by atoms with Crippen LogP contribution in [0, 0.1) is 17.8 Å². The largest absolute Gasteiger partial charge is 0.323 e. The summed E-state index contributed by atoms with van der Waals surface area (Å²) >= 11 is 0. The molecule has 33 heavy (non-hydrogen) atoms. The molecular formula is C27H38N5O+. The standard InChI is InChI=1S/C27H38N5O/c1-19(2)17-32(18-20(3)4)8-6-21(7-9-32)27(33)12-25-11-22-10-23(13-29-26(22)15-28-25)24-14-30-31(5)16-24/h10-11,13-16,19-21H,6-9,12,17-18H2,1-5H3/q+1. The highest BCUT2D eigenvalue weighted by molar-refractivity contribution is 5.86. The predicted molar refractivity (Wildman–Crippen MR) is 133 cm³/mol. The number of piperidine rings is 1. The van der Waals surface area contributed by atoms with E-state index in [0.717, 1.165) is 53.7 Å². The van der Waals surface area contributed by atoms with Crippen molar-refractivity contribution in [2.24, 2.45) is 24.8 Å². The van der Waals surface area contributed by atoms with Gasteiger partial charge in [0.05, 0.1) is 44.1 Å². The van der Waals surface area contributed by atoms with Gasteiger partial charge in [-0.1, -0.05) is 27.7 Å². The van der Waals surface area contributed by atoms with Crippen molar-refractivity contribution < 1.29 is 9.28 Å². The van der Waals surface area contributed by atoms with Crippen molar-refractivity contribution >= 4 is 16.7 Å². The Bertz CT molecular complexity index is 1100. The minimum Gasteiger partial charge on any atom is -0.323 e. The maximum atomic E-state index is 13.2. The zero-order valence-corrected chi connectivity index (χ0v) is 20.8. The second kappa shape index (κ2) is 9.72. The summed E-state index contributed by atoms with van der Waals surface area (Å²) in [6, 6.07) is 4.14. The molecule has 0 aliphatic carbocycles. The molecule has 0 bridgehead atoms. The van der Waals surface area contributed by atoms with E-state index >= 15 is 0 Å². The molecule has 0 spiro atoms. The molecule has 6 nitrogen and oxygen atoms in total. The van der Waals surface area contributed by atoms with Crippen LogP contribution in [0.4, 0.5) is 0 Å². The molecule has 0 aromatic carbocycles. The third-order valence-corrected chi connectivity index (χ3v) is 6.88. The summed E-state index contributed by atoms with van der Waals surface area (Å²) in [6.45, 7) is 14.0. The predicted octanol–water partition coefficient (Wildman–Crippen LogP) is 4.68. The van der Waals surface area contributed by atoms with E-state index in [4.69, 9.17) is 0 Å². The number of quaternary nitrogens is 1. The molecule has 0 unspecified atom stereocenters. The van der Waals surface area contributed by atoms with E-state index in [1.54, 1.807) is 10.9 Å². The Morgan fingerprint density at radius 1 is 1.00 bits per heavy atom. The minimum atomic E-state index is 0.160. The van der Waals surface area contributed by atoms with Gasteiger partial charge in [0.1, 0.15) is 5.78 Å². The molecule has 4 heterocycles. The quantitative estimate of drug-likeness (QED) is 0.470. The maximum Gasteiger partial charge on any atom is 0.142 e. The van der Waals surface area contributed by atoms with Gasteiger partial charge in [-0.05, 0) is 12.1 Å². The summed E-state index contributed by atoms with van der Waals surface area (Å²) < 4.78 is 2.96. The summed E-state index contributed by atoms with van der Waals surface area (Å²) in [5, 5.41) is 5.27. The second-order valence-electron chi connectivity index (χ2n) is 10.9. The smallest absolute Gasteiger partial charge is 0.142 e. The van der Waals surface area contributed by atoms with Crippen molar-refractivity contribution in [1.82, 2.24) is 19.7 Å². The number of ketones is 1. The number of nitrogens with zero attached hydrogens (tertiary/aromatic N) is 5. The van der Waals surface area contributed by atoms with Gasteiger partial charge in [0.25, 0.3) is 0 Å². The number of hydrogen-bond donors (Lipinski definition) is 0. The van der Waals surface area contributed by atoms with Gasteiger partial charge in [-0.2, -0.15) is 5.10 Å². The molecule has 3 aromatic rings. The third-order valence-electron chi connectivity index (χ3n) is 6.88. The van der Waals surface area contributed by atoms with E-state index in [1.807, 2.05) is 31.7 Å². The van der Waals surface area contributed by atoms with E-state index in [2.05, 4.69) is 48.8 Å². The number of aromatic nitrogens is 4. The third kappa shape index (κ3) is 5.67. The number of pyridine rings is 2. The fourth-order valence-corrected chi connectivity index (χ4v) is 5.65. The lowest BCUT2D eigenvalue weighted by atomic mass is 9.87. The normalized spacial score (nSPS) is 16.7. The van der Waals surface area contributed by atoms with E-state index < -0.39 is 0 Å². The Morgan fingerprint density at radius 3 is 2.30 bits per heavy atom. The van der Waals surface area contributed by atoms with Gasteiger partial charge in [0, 0.05) is 78.7 Å². The maximum absolute atomic E-state index is 13.2. The van der Waals surface area contributed by atoms with E-state index in [9.17, 15) is 4.79 Å². The number of hydrogen-bond acceptors (Lipinski definition) is 4. The van der Waals surface area contributed by atoms with Crippen molar-refractivity contribution in [3.8, 4) is 11.1 Å². The lowest BCUT2D eigenvalue weighted by Crippen LogP contribution is -2.57. The molecule has 4 rings (SSSR count). The van der Waals surface area contributed by atoms with Crippen LogP contribution in [-0.2, 0) is 18.3 Å². The molecule has 0 amide bonds. The molecule has 0 saturated carbocycles. The van der Waals surface area contributed by atoms with Gasteiger partial charge >= 0.3 is 0 Å². The molecule has 1 fully saturated rings. The summed E-state index contributed by atoms with van der Waals surface area (Å²) in [6.07, 6.45) is 9.87. The number of Topliss-reactive ketones (excluding diaryl/α,β-unsaturated/α-hetero) is 1. The number of rotatable bonds is 8. The Balaban J connectivity index is 1.44. The van der Waals surface area contributed by atoms with Crippen molar-refractivity contribution in [2.45, 2.75) is 47.0 Å². The zero-order chi connectivity index (χ0) is 23.6. The lowest BCUT2D eigenvalue weighted by molar-refractivity contribution is -0.938. The first-order chi connectivity index (χ1) is 15.7. The van der Waals surface area contributed by atoms with Crippen LogP contribution in [0.3, 0.4) is 0 Å². The van der Waals surface area contributed by atoms with E-state index in [-0.39, 0.29) is 5.92 Å². The van der Waals surface area contributed by atoms with Gasteiger partial charge in [-0.25, -0.2) is 0 Å². The molecule has 1 aliphatic heterocycles. The highest BCUT2D eigenvalue weighted by atomic mass is 16.1. The fourth-order valence-electron chi connectivity index (χ4n) is 5.65. The van der Waals surface area contributed by atoms with Gasteiger partial charge in [0.15, 0.2) is 0 Å². The topological polar surface area (TPSA) is 60.7 Å². The fraction of sp³-hybridized carbons (Fsp3) is 0.556. The number of likely N-dealkylation sites (tertiary alicyclic amines) is 1. The Labute approximate surface area is 197 Å². The van der Waals surface area contributed by atoms with Gasteiger partial charge < -0.3 is 4.48 Å². The van der Waals surface area contributed by atoms with Gasteiger partial charge in [0.2, 0.25) is 0 Å². The van der Waals surface area contributed by atoms with Crippen LogP contribution in [0.15, 0.2) is 36.9 Å².